The molecule has 0 radical (unpaired) electrons. The molecular formula is C23H32N2O. The summed E-state index contributed by atoms with van der Waals surface area (Å²) in [5.74, 6) is 2.71. The SMILES string of the molecule is CC(=O)NC1CC2(CCN(C[C@@H]3C[C@H]4C=C[C@H]3C4)CC2)c2ccccc21.[HH]. The Bertz CT molecular complexity index is 738. The highest BCUT2D eigenvalue weighted by molar-refractivity contribution is 5.73. The molecule has 1 spiro atoms. The zero-order valence-electron chi connectivity index (χ0n) is 15.8. The van der Waals surface area contributed by atoms with Gasteiger partial charge in [-0.05, 0) is 74.1 Å². The summed E-state index contributed by atoms with van der Waals surface area (Å²) in [5, 5.41) is 3.20. The number of hydrogen-bond donors (Lipinski definition) is 1. The monoisotopic (exact) mass is 352 g/mol. The predicted octanol–water partition coefficient (Wildman–Crippen LogP) is 4.06. The molecule has 140 valence electrons. The van der Waals surface area contributed by atoms with Crippen molar-refractivity contribution in [3.63, 3.8) is 0 Å². The standard InChI is InChI=1S/C23H30N2O.H2/c1-16(26)24-22-14-23(21-5-3-2-4-20(21)22)8-10-25(11-9-23)15-19-13-17-6-7-18(19)12-17;/h2-7,17-19,22H,8-15H2,1H3,(H,24,26);1H/t17-,18-,19-,22?;/m0./s1. The minimum absolute atomic E-state index is 0. The quantitative estimate of drug-likeness (QED) is 0.832. The van der Waals surface area contributed by atoms with Crippen LogP contribution in [0.25, 0.3) is 0 Å². The van der Waals surface area contributed by atoms with Gasteiger partial charge in [0.15, 0.2) is 0 Å². The van der Waals surface area contributed by atoms with Crippen LogP contribution < -0.4 is 5.32 Å². The van der Waals surface area contributed by atoms with Crippen molar-refractivity contribution in [2.75, 3.05) is 19.6 Å². The lowest BCUT2D eigenvalue weighted by Gasteiger charge is -2.41. The van der Waals surface area contributed by atoms with E-state index >= 15 is 0 Å². The first kappa shape index (κ1) is 16.6. The van der Waals surface area contributed by atoms with Gasteiger partial charge in [-0.15, -0.1) is 0 Å². The summed E-state index contributed by atoms with van der Waals surface area (Å²) in [5.41, 5.74) is 3.13. The highest BCUT2D eigenvalue weighted by Gasteiger charge is 2.46. The fraction of sp³-hybridized carbons (Fsp3) is 0.609. The average molecular weight is 353 g/mol. The minimum Gasteiger partial charge on any atom is -0.349 e. The molecule has 1 N–H and O–H groups in total. The molecule has 1 saturated carbocycles. The molecule has 1 unspecified atom stereocenters. The van der Waals surface area contributed by atoms with Crippen LogP contribution in [0.15, 0.2) is 36.4 Å². The number of fused-ring (bicyclic) bond motifs is 4. The zero-order chi connectivity index (χ0) is 17.7. The Hall–Kier alpha value is -1.61. The zero-order valence-corrected chi connectivity index (χ0v) is 15.8. The highest BCUT2D eigenvalue weighted by Crippen LogP contribution is 2.51. The second-order valence-corrected chi connectivity index (χ2v) is 9.17. The van der Waals surface area contributed by atoms with Crippen LogP contribution in [0.4, 0.5) is 0 Å². The molecule has 2 bridgehead atoms. The van der Waals surface area contributed by atoms with Gasteiger partial charge >= 0.3 is 0 Å². The Kier molecular flexibility index (Phi) is 3.97. The molecule has 26 heavy (non-hydrogen) atoms. The van der Waals surface area contributed by atoms with Gasteiger partial charge in [0.2, 0.25) is 5.91 Å². The van der Waals surface area contributed by atoms with E-state index in [-0.39, 0.29) is 18.8 Å². The van der Waals surface area contributed by atoms with Crippen LogP contribution in [0, 0.1) is 17.8 Å². The Labute approximate surface area is 158 Å². The van der Waals surface area contributed by atoms with Gasteiger partial charge < -0.3 is 10.2 Å². The molecule has 5 rings (SSSR count). The molecule has 1 amide bonds. The van der Waals surface area contributed by atoms with Gasteiger partial charge in [0.1, 0.15) is 0 Å². The molecule has 3 nitrogen and oxygen atoms in total. The van der Waals surface area contributed by atoms with E-state index in [4.69, 9.17) is 0 Å². The number of benzene rings is 1. The summed E-state index contributed by atoms with van der Waals surface area (Å²) in [4.78, 5) is 14.4. The van der Waals surface area contributed by atoms with Crippen molar-refractivity contribution in [1.82, 2.24) is 10.2 Å². The Balaban J connectivity index is 0.00000180. The fourth-order valence-electron chi connectivity index (χ4n) is 6.34. The van der Waals surface area contributed by atoms with Gasteiger partial charge in [-0.2, -0.15) is 0 Å². The third-order valence-electron chi connectivity index (χ3n) is 7.60. The average Bonchev–Trinajstić information content (AvgIpc) is 3.32. The molecule has 2 fully saturated rings. The summed E-state index contributed by atoms with van der Waals surface area (Å²) < 4.78 is 0. The first-order chi connectivity index (χ1) is 12.6. The summed E-state index contributed by atoms with van der Waals surface area (Å²) in [6.45, 7) is 5.34. The number of nitrogens with one attached hydrogen (secondary N) is 1. The van der Waals surface area contributed by atoms with Crippen LogP contribution in [0.2, 0.25) is 0 Å². The summed E-state index contributed by atoms with van der Waals surface area (Å²) >= 11 is 0. The highest BCUT2D eigenvalue weighted by atomic mass is 16.1. The second kappa shape index (κ2) is 6.23. The van der Waals surface area contributed by atoms with Crippen molar-refractivity contribution >= 4 is 5.91 Å². The van der Waals surface area contributed by atoms with E-state index in [1.807, 2.05) is 0 Å². The second-order valence-electron chi connectivity index (χ2n) is 9.17. The molecule has 1 aromatic rings. The molecule has 4 aliphatic rings. The number of hydrogen-bond acceptors (Lipinski definition) is 2. The van der Waals surface area contributed by atoms with Crippen molar-refractivity contribution < 1.29 is 6.22 Å². The van der Waals surface area contributed by atoms with Gasteiger partial charge in [0.25, 0.3) is 0 Å². The van der Waals surface area contributed by atoms with Gasteiger partial charge in [0.05, 0.1) is 6.04 Å². The van der Waals surface area contributed by atoms with E-state index in [9.17, 15) is 4.79 Å². The van der Waals surface area contributed by atoms with Crippen molar-refractivity contribution in [2.24, 2.45) is 17.8 Å². The first-order valence-corrected chi connectivity index (χ1v) is 10.4. The van der Waals surface area contributed by atoms with E-state index in [1.54, 1.807) is 6.92 Å². The number of nitrogens with zero attached hydrogens (tertiary/aromatic N) is 1. The van der Waals surface area contributed by atoms with Gasteiger partial charge in [-0.1, -0.05) is 36.4 Å². The van der Waals surface area contributed by atoms with Crippen LogP contribution in [0.3, 0.4) is 0 Å². The molecular weight excluding hydrogens is 320 g/mol. The van der Waals surface area contributed by atoms with Crippen molar-refractivity contribution in [3.8, 4) is 0 Å². The molecule has 1 saturated heterocycles. The summed E-state index contributed by atoms with van der Waals surface area (Å²) in [7, 11) is 0. The number of rotatable bonds is 3. The third-order valence-corrected chi connectivity index (χ3v) is 7.60. The normalized spacial score (nSPS) is 34.3. The molecule has 4 atom stereocenters. The number of likely N-dealkylation sites (tertiary alicyclic amines) is 1. The van der Waals surface area contributed by atoms with E-state index in [0.717, 1.165) is 24.2 Å². The smallest absolute Gasteiger partial charge is 0.217 e. The lowest BCUT2D eigenvalue weighted by Crippen LogP contribution is -2.44. The van der Waals surface area contributed by atoms with Crippen LogP contribution in [0.1, 0.15) is 57.6 Å². The molecule has 0 aromatic heterocycles. The number of amides is 1. The van der Waals surface area contributed by atoms with E-state index in [1.165, 1.54) is 56.4 Å². The topological polar surface area (TPSA) is 32.3 Å². The van der Waals surface area contributed by atoms with Crippen molar-refractivity contribution in [1.29, 1.82) is 0 Å². The lowest BCUT2D eigenvalue weighted by molar-refractivity contribution is -0.119. The van der Waals surface area contributed by atoms with E-state index in [0.29, 0.717) is 0 Å². The third kappa shape index (κ3) is 2.72. The maximum absolute atomic E-state index is 11.7. The number of allylic oxidation sites excluding steroid dienone is 2. The van der Waals surface area contributed by atoms with Crippen LogP contribution in [-0.2, 0) is 10.2 Å². The summed E-state index contributed by atoms with van der Waals surface area (Å²) in [6, 6.07) is 9.02. The van der Waals surface area contributed by atoms with Gasteiger partial charge in [-0.25, -0.2) is 0 Å². The van der Waals surface area contributed by atoms with Crippen LogP contribution >= 0.6 is 0 Å². The van der Waals surface area contributed by atoms with Crippen LogP contribution in [-0.4, -0.2) is 30.4 Å². The number of piperidine rings is 1. The molecule has 3 aliphatic carbocycles. The molecule has 1 aliphatic heterocycles. The summed E-state index contributed by atoms with van der Waals surface area (Å²) in [6.07, 6.45) is 11.3. The van der Waals surface area contributed by atoms with Crippen molar-refractivity contribution in [3.05, 3.63) is 47.5 Å². The largest absolute Gasteiger partial charge is 0.349 e. The minimum atomic E-state index is 0. The number of carbonyl (C=O) groups is 1. The maximum atomic E-state index is 11.7. The van der Waals surface area contributed by atoms with Gasteiger partial charge in [-0.3, -0.25) is 4.79 Å². The fourth-order valence-corrected chi connectivity index (χ4v) is 6.34. The number of carbonyl (C=O) groups excluding carboxylic acids is 1. The first-order valence-electron chi connectivity index (χ1n) is 10.4. The van der Waals surface area contributed by atoms with E-state index < -0.39 is 0 Å². The Morgan fingerprint density at radius 1 is 1.23 bits per heavy atom. The predicted molar refractivity (Wildman–Crippen MR) is 106 cm³/mol. The van der Waals surface area contributed by atoms with Gasteiger partial charge in [0, 0.05) is 20.3 Å². The molecule has 1 aromatic carbocycles. The maximum Gasteiger partial charge on any atom is 0.217 e. The molecule has 1 heterocycles. The Morgan fingerprint density at radius 3 is 2.73 bits per heavy atom. The lowest BCUT2D eigenvalue weighted by atomic mass is 9.73. The molecule has 3 heteroatoms. The van der Waals surface area contributed by atoms with E-state index in [2.05, 4.69) is 46.6 Å². The Morgan fingerprint density at radius 2 is 2.04 bits per heavy atom. The van der Waals surface area contributed by atoms with Crippen molar-refractivity contribution in [2.45, 2.75) is 50.5 Å². The van der Waals surface area contributed by atoms with Crippen LogP contribution in [0.5, 0.6) is 0 Å².